The van der Waals surface area contributed by atoms with Crippen molar-refractivity contribution in [2.75, 3.05) is 0 Å². The summed E-state index contributed by atoms with van der Waals surface area (Å²) in [6.07, 6.45) is 10.1. The fourth-order valence-corrected chi connectivity index (χ4v) is 3.59. The summed E-state index contributed by atoms with van der Waals surface area (Å²) in [4.78, 5) is 8.85. The van der Waals surface area contributed by atoms with Crippen molar-refractivity contribution in [3.05, 3.63) is 17.2 Å². The number of rotatable bonds is 11. The van der Waals surface area contributed by atoms with Crippen LogP contribution in [-0.2, 0) is 5.41 Å². The fourth-order valence-electron chi connectivity index (χ4n) is 3.59. The molecule has 0 amide bonds. The van der Waals surface area contributed by atoms with E-state index in [2.05, 4.69) is 53.5 Å². The Bertz CT molecular complexity index is 445. The SMILES string of the molecule is CCCCCC(C)(C)c1[nH]c(C(C)CCC)nc1C(C)CCC. The molecule has 0 aliphatic carbocycles. The van der Waals surface area contributed by atoms with Gasteiger partial charge in [-0.2, -0.15) is 0 Å². The van der Waals surface area contributed by atoms with Gasteiger partial charge in [-0.1, -0.05) is 80.6 Å². The van der Waals surface area contributed by atoms with Crippen molar-refractivity contribution in [1.29, 1.82) is 0 Å². The zero-order valence-electron chi connectivity index (χ0n) is 16.8. The van der Waals surface area contributed by atoms with E-state index in [-0.39, 0.29) is 5.41 Å². The van der Waals surface area contributed by atoms with Gasteiger partial charge in [0, 0.05) is 22.9 Å². The largest absolute Gasteiger partial charge is 0.345 e. The van der Waals surface area contributed by atoms with Crippen molar-refractivity contribution in [3.63, 3.8) is 0 Å². The van der Waals surface area contributed by atoms with Gasteiger partial charge in [-0.05, 0) is 19.3 Å². The number of hydrogen-bond donors (Lipinski definition) is 1. The summed E-state index contributed by atoms with van der Waals surface area (Å²) in [5.41, 5.74) is 2.95. The number of hydrogen-bond acceptors (Lipinski definition) is 1. The smallest absolute Gasteiger partial charge is 0.109 e. The molecule has 134 valence electrons. The molecule has 0 aliphatic rings. The van der Waals surface area contributed by atoms with E-state index >= 15 is 0 Å². The minimum absolute atomic E-state index is 0.198. The van der Waals surface area contributed by atoms with Crippen LogP contribution < -0.4 is 0 Å². The Balaban J connectivity index is 3.10. The van der Waals surface area contributed by atoms with Crippen LogP contribution in [0, 0.1) is 0 Å². The minimum atomic E-state index is 0.198. The van der Waals surface area contributed by atoms with E-state index in [4.69, 9.17) is 4.98 Å². The van der Waals surface area contributed by atoms with Crippen molar-refractivity contribution in [3.8, 4) is 0 Å². The predicted molar refractivity (Wildman–Crippen MR) is 102 cm³/mol. The van der Waals surface area contributed by atoms with Gasteiger partial charge in [-0.3, -0.25) is 0 Å². The van der Waals surface area contributed by atoms with Crippen LogP contribution in [-0.4, -0.2) is 9.97 Å². The molecule has 0 aromatic carbocycles. The van der Waals surface area contributed by atoms with Gasteiger partial charge >= 0.3 is 0 Å². The topological polar surface area (TPSA) is 28.7 Å². The van der Waals surface area contributed by atoms with Gasteiger partial charge in [0.15, 0.2) is 0 Å². The van der Waals surface area contributed by atoms with Crippen LogP contribution in [0.3, 0.4) is 0 Å². The molecule has 0 spiro atoms. The van der Waals surface area contributed by atoms with Gasteiger partial charge < -0.3 is 4.98 Å². The Morgan fingerprint density at radius 3 is 2.09 bits per heavy atom. The molecule has 1 heterocycles. The van der Waals surface area contributed by atoms with Crippen LogP contribution in [0.15, 0.2) is 0 Å². The maximum absolute atomic E-state index is 5.09. The number of nitrogens with one attached hydrogen (secondary N) is 1. The van der Waals surface area contributed by atoms with E-state index in [1.807, 2.05) is 0 Å². The summed E-state index contributed by atoms with van der Waals surface area (Å²) in [5, 5.41) is 0. The number of nitrogens with zero attached hydrogens (tertiary/aromatic N) is 1. The van der Waals surface area contributed by atoms with Gasteiger partial charge in [0.2, 0.25) is 0 Å². The molecule has 0 radical (unpaired) electrons. The molecule has 2 heteroatoms. The van der Waals surface area contributed by atoms with Crippen LogP contribution in [0.4, 0.5) is 0 Å². The lowest BCUT2D eigenvalue weighted by Crippen LogP contribution is -2.20. The third kappa shape index (κ3) is 5.65. The quantitative estimate of drug-likeness (QED) is 0.434. The number of aromatic nitrogens is 2. The van der Waals surface area contributed by atoms with E-state index in [0.29, 0.717) is 11.8 Å². The summed E-state index contributed by atoms with van der Waals surface area (Å²) >= 11 is 0. The van der Waals surface area contributed by atoms with Gasteiger partial charge in [0.25, 0.3) is 0 Å². The van der Waals surface area contributed by atoms with Crippen molar-refractivity contribution in [1.82, 2.24) is 9.97 Å². The molecule has 0 bridgehead atoms. The second-order valence-electron chi connectivity index (χ2n) is 8.10. The highest BCUT2D eigenvalue weighted by molar-refractivity contribution is 5.27. The maximum atomic E-state index is 5.09. The van der Waals surface area contributed by atoms with Crippen LogP contribution >= 0.6 is 0 Å². The van der Waals surface area contributed by atoms with Crippen LogP contribution in [0.25, 0.3) is 0 Å². The molecular weight excluding hydrogens is 280 g/mol. The first kappa shape index (κ1) is 20.3. The third-order valence-corrected chi connectivity index (χ3v) is 5.21. The average molecular weight is 321 g/mol. The van der Waals surface area contributed by atoms with Gasteiger partial charge in [-0.15, -0.1) is 0 Å². The number of H-pyrrole nitrogens is 1. The second kappa shape index (κ2) is 9.49. The van der Waals surface area contributed by atoms with E-state index in [9.17, 15) is 0 Å². The fraction of sp³-hybridized carbons (Fsp3) is 0.857. The molecule has 2 atom stereocenters. The Kier molecular flexibility index (Phi) is 8.36. The summed E-state index contributed by atoms with van der Waals surface area (Å²) in [5.74, 6) is 2.30. The number of aromatic amines is 1. The molecule has 1 rings (SSSR count). The monoisotopic (exact) mass is 320 g/mol. The van der Waals surface area contributed by atoms with Gasteiger partial charge in [-0.25, -0.2) is 4.98 Å². The Morgan fingerprint density at radius 1 is 0.913 bits per heavy atom. The van der Waals surface area contributed by atoms with Gasteiger partial charge in [0.1, 0.15) is 5.82 Å². The van der Waals surface area contributed by atoms with Crippen molar-refractivity contribution in [2.45, 2.75) is 117 Å². The minimum Gasteiger partial charge on any atom is -0.345 e. The summed E-state index contributed by atoms with van der Waals surface area (Å²) in [6.45, 7) is 16.3. The summed E-state index contributed by atoms with van der Waals surface area (Å²) < 4.78 is 0. The first-order chi connectivity index (χ1) is 10.9. The van der Waals surface area contributed by atoms with Crippen LogP contribution in [0.1, 0.15) is 129 Å². The molecule has 2 nitrogen and oxygen atoms in total. The maximum Gasteiger partial charge on any atom is 0.109 e. The molecule has 1 N–H and O–H groups in total. The standard InChI is InChI=1S/C21H40N2/c1-8-11-12-15-21(6,7)19-18(16(4)13-9-2)22-20(23-19)17(5)14-10-3/h16-17H,8-15H2,1-7H3,(H,22,23). The molecule has 1 aromatic rings. The first-order valence-corrected chi connectivity index (χ1v) is 9.97. The zero-order chi connectivity index (χ0) is 17.5. The molecule has 1 aromatic heterocycles. The van der Waals surface area contributed by atoms with E-state index < -0.39 is 0 Å². The lowest BCUT2D eigenvalue weighted by molar-refractivity contribution is 0.431. The Labute approximate surface area is 144 Å². The molecule has 0 aliphatic heterocycles. The van der Waals surface area contributed by atoms with E-state index in [0.717, 1.165) is 0 Å². The van der Waals surface area contributed by atoms with Crippen LogP contribution in [0.2, 0.25) is 0 Å². The highest BCUT2D eigenvalue weighted by Crippen LogP contribution is 2.36. The number of imidazole rings is 1. The molecule has 0 saturated heterocycles. The molecule has 2 unspecified atom stereocenters. The molecule has 0 saturated carbocycles. The zero-order valence-corrected chi connectivity index (χ0v) is 16.8. The average Bonchev–Trinajstić information content (AvgIpc) is 2.94. The normalized spacial score (nSPS) is 14.9. The van der Waals surface area contributed by atoms with Crippen molar-refractivity contribution < 1.29 is 0 Å². The second-order valence-corrected chi connectivity index (χ2v) is 8.10. The molecular formula is C21H40N2. The lowest BCUT2D eigenvalue weighted by Gasteiger charge is -2.26. The van der Waals surface area contributed by atoms with Crippen LogP contribution in [0.5, 0.6) is 0 Å². The van der Waals surface area contributed by atoms with E-state index in [1.165, 1.54) is 68.6 Å². The Morgan fingerprint density at radius 2 is 1.52 bits per heavy atom. The first-order valence-electron chi connectivity index (χ1n) is 9.97. The van der Waals surface area contributed by atoms with Crippen molar-refractivity contribution in [2.24, 2.45) is 0 Å². The highest BCUT2D eigenvalue weighted by atomic mass is 15.0. The predicted octanol–water partition coefficient (Wildman–Crippen LogP) is 7.07. The summed E-state index contributed by atoms with van der Waals surface area (Å²) in [7, 11) is 0. The molecule has 23 heavy (non-hydrogen) atoms. The van der Waals surface area contributed by atoms with E-state index in [1.54, 1.807) is 0 Å². The summed E-state index contributed by atoms with van der Waals surface area (Å²) in [6, 6.07) is 0. The van der Waals surface area contributed by atoms with Crippen molar-refractivity contribution >= 4 is 0 Å². The Hall–Kier alpha value is -0.790. The lowest BCUT2D eigenvalue weighted by atomic mass is 9.80. The molecule has 0 fully saturated rings. The number of unbranched alkanes of at least 4 members (excludes halogenated alkanes) is 2. The van der Waals surface area contributed by atoms with Gasteiger partial charge in [0.05, 0.1) is 5.69 Å². The third-order valence-electron chi connectivity index (χ3n) is 5.21. The highest BCUT2D eigenvalue weighted by Gasteiger charge is 2.29.